The lowest BCUT2D eigenvalue weighted by molar-refractivity contribution is 0.0695. The normalized spacial score (nSPS) is 16.4. The molecule has 0 radical (unpaired) electrons. The number of rotatable bonds is 4. The summed E-state index contributed by atoms with van der Waals surface area (Å²) < 4.78 is 28.9. The Morgan fingerprint density at radius 1 is 1.00 bits per heavy atom. The molecule has 7 nitrogen and oxygen atoms in total. The molecule has 2 aromatic rings. The summed E-state index contributed by atoms with van der Waals surface area (Å²) in [7, 11) is -0.398. The number of carbonyl (C=O) groups excluding carboxylic acids is 1. The Balaban J connectivity index is 1.70. The highest BCUT2D eigenvalue weighted by atomic mass is 32.2. The second-order valence-electron chi connectivity index (χ2n) is 6.12. The number of aromatic nitrogens is 1. The molecular formula is C17H22N4O3S. The monoisotopic (exact) mass is 362 g/mol. The first-order valence-electron chi connectivity index (χ1n) is 8.10. The van der Waals surface area contributed by atoms with Gasteiger partial charge in [-0.05, 0) is 30.3 Å². The van der Waals surface area contributed by atoms with Crippen LogP contribution in [0, 0.1) is 0 Å². The van der Waals surface area contributed by atoms with Gasteiger partial charge in [-0.2, -0.15) is 17.0 Å². The molecule has 2 heterocycles. The zero-order chi connectivity index (χ0) is 18.0. The van der Waals surface area contributed by atoms with E-state index in [1.807, 2.05) is 47.3 Å². The summed E-state index contributed by atoms with van der Waals surface area (Å²) in [5, 5.41) is 0. The molecule has 8 heteroatoms. The van der Waals surface area contributed by atoms with E-state index in [4.69, 9.17) is 0 Å². The van der Waals surface area contributed by atoms with Crippen molar-refractivity contribution in [3.8, 4) is 5.69 Å². The maximum Gasteiger partial charge on any atom is 0.281 e. The maximum absolute atomic E-state index is 12.8. The van der Waals surface area contributed by atoms with Crippen molar-refractivity contribution in [1.82, 2.24) is 18.1 Å². The SMILES string of the molecule is CN(C)S(=O)(=O)N1CCN(C(=O)c2cccc(-n3cccc3)c2)CC1. The van der Waals surface area contributed by atoms with E-state index < -0.39 is 10.2 Å². The van der Waals surface area contributed by atoms with Crippen molar-refractivity contribution in [2.75, 3.05) is 40.3 Å². The third-order valence-corrected chi connectivity index (χ3v) is 6.25. The van der Waals surface area contributed by atoms with Crippen molar-refractivity contribution >= 4 is 16.1 Å². The largest absolute Gasteiger partial charge is 0.336 e. The molecule has 25 heavy (non-hydrogen) atoms. The van der Waals surface area contributed by atoms with Gasteiger partial charge in [0.05, 0.1) is 0 Å². The quantitative estimate of drug-likeness (QED) is 0.816. The second-order valence-corrected chi connectivity index (χ2v) is 8.26. The van der Waals surface area contributed by atoms with Crippen LogP contribution < -0.4 is 0 Å². The number of piperazine rings is 1. The summed E-state index contributed by atoms with van der Waals surface area (Å²) in [5.41, 5.74) is 1.53. The van der Waals surface area contributed by atoms with Gasteiger partial charge < -0.3 is 9.47 Å². The fourth-order valence-corrected chi connectivity index (χ4v) is 3.93. The predicted molar refractivity (Wildman–Crippen MR) is 95.9 cm³/mol. The summed E-state index contributed by atoms with van der Waals surface area (Å²) in [6.45, 7) is 1.40. The van der Waals surface area contributed by atoms with E-state index in [2.05, 4.69) is 0 Å². The van der Waals surface area contributed by atoms with Crippen molar-refractivity contribution in [2.24, 2.45) is 0 Å². The first kappa shape index (κ1) is 17.7. The predicted octanol–water partition coefficient (Wildman–Crippen LogP) is 1.04. The van der Waals surface area contributed by atoms with E-state index >= 15 is 0 Å². The second kappa shape index (κ2) is 6.99. The summed E-state index contributed by atoms with van der Waals surface area (Å²) in [4.78, 5) is 14.5. The van der Waals surface area contributed by atoms with E-state index in [1.54, 1.807) is 11.0 Å². The minimum Gasteiger partial charge on any atom is -0.336 e. The molecule has 1 aromatic carbocycles. The van der Waals surface area contributed by atoms with Crippen LogP contribution in [0.1, 0.15) is 10.4 Å². The van der Waals surface area contributed by atoms with Crippen LogP contribution >= 0.6 is 0 Å². The number of carbonyl (C=O) groups is 1. The topological polar surface area (TPSA) is 65.9 Å². The Labute approximate surface area is 148 Å². The first-order valence-corrected chi connectivity index (χ1v) is 9.49. The van der Waals surface area contributed by atoms with Gasteiger partial charge in [0.2, 0.25) is 0 Å². The molecule has 1 aromatic heterocycles. The molecule has 134 valence electrons. The summed E-state index contributed by atoms with van der Waals surface area (Å²) in [6.07, 6.45) is 3.85. The van der Waals surface area contributed by atoms with Gasteiger partial charge >= 0.3 is 0 Å². The van der Waals surface area contributed by atoms with Gasteiger partial charge in [0.1, 0.15) is 0 Å². The molecule has 0 aliphatic carbocycles. The van der Waals surface area contributed by atoms with Crippen LogP contribution in [-0.4, -0.2) is 72.7 Å². The average Bonchev–Trinajstić information content (AvgIpc) is 3.16. The standard InChI is InChI=1S/C17H22N4O3S/c1-18(2)25(23,24)21-12-10-20(11-13-21)17(22)15-6-5-7-16(14-15)19-8-3-4-9-19/h3-9,14H,10-13H2,1-2H3. The van der Waals surface area contributed by atoms with Gasteiger partial charge in [-0.25, -0.2) is 0 Å². The number of nitrogens with zero attached hydrogens (tertiary/aromatic N) is 4. The molecule has 0 bridgehead atoms. The van der Waals surface area contributed by atoms with Crippen molar-refractivity contribution in [3.63, 3.8) is 0 Å². The Morgan fingerprint density at radius 3 is 2.24 bits per heavy atom. The lowest BCUT2D eigenvalue weighted by Gasteiger charge is -2.35. The lowest BCUT2D eigenvalue weighted by atomic mass is 10.1. The van der Waals surface area contributed by atoms with Crippen LogP contribution in [0.2, 0.25) is 0 Å². The zero-order valence-corrected chi connectivity index (χ0v) is 15.2. The first-order chi connectivity index (χ1) is 11.9. The molecule has 1 saturated heterocycles. The van der Waals surface area contributed by atoms with E-state index in [9.17, 15) is 13.2 Å². The van der Waals surface area contributed by atoms with E-state index in [0.29, 0.717) is 31.7 Å². The Bertz CT molecular complexity index is 839. The molecule has 1 aliphatic heterocycles. The minimum absolute atomic E-state index is 0.0732. The van der Waals surface area contributed by atoms with Crippen LogP contribution in [0.15, 0.2) is 48.8 Å². The highest BCUT2D eigenvalue weighted by Crippen LogP contribution is 2.16. The van der Waals surface area contributed by atoms with E-state index in [1.165, 1.54) is 22.7 Å². The highest BCUT2D eigenvalue weighted by Gasteiger charge is 2.30. The molecule has 1 fully saturated rings. The maximum atomic E-state index is 12.8. The third kappa shape index (κ3) is 3.60. The van der Waals surface area contributed by atoms with Crippen LogP contribution in [-0.2, 0) is 10.2 Å². The third-order valence-electron chi connectivity index (χ3n) is 4.31. The minimum atomic E-state index is -3.42. The summed E-state index contributed by atoms with van der Waals surface area (Å²) in [6, 6.07) is 11.3. The smallest absolute Gasteiger partial charge is 0.281 e. The molecule has 1 amide bonds. The molecule has 0 unspecified atom stereocenters. The molecule has 0 N–H and O–H groups in total. The molecule has 0 saturated carbocycles. The van der Waals surface area contributed by atoms with Crippen LogP contribution in [0.5, 0.6) is 0 Å². The average molecular weight is 362 g/mol. The van der Waals surface area contributed by atoms with E-state index in [-0.39, 0.29) is 5.91 Å². The Hall–Kier alpha value is -2.16. The number of hydrogen-bond acceptors (Lipinski definition) is 3. The van der Waals surface area contributed by atoms with Crippen LogP contribution in [0.25, 0.3) is 5.69 Å². The van der Waals surface area contributed by atoms with Gasteiger partial charge in [-0.3, -0.25) is 4.79 Å². The van der Waals surface area contributed by atoms with Crippen LogP contribution in [0.4, 0.5) is 0 Å². The summed E-state index contributed by atoms with van der Waals surface area (Å²) in [5.74, 6) is -0.0732. The molecule has 3 rings (SSSR count). The van der Waals surface area contributed by atoms with Crippen molar-refractivity contribution in [3.05, 3.63) is 54.4 Å². The Morgan fingerprint density at radius 2 is 1.64 bits per heavy atom. The van der Waals surface area contributed by atoms with Crippen molar-refractivity contribution in [2.45, 2.75) is 0 Å². The molecule has 0 spiro atoms. The van der Waals surface area contributed by atoms with Crippen molar-refractivity contribution in [1.29, 1.82) is 0 Å². The fraction of sp³-hybridized carbons (Fsp3) is 0.353. The van der Waals surface area contributed by atoms with Crippen LogP contribution in [0.3, 0.4) is 0 Å². The highest BCUT2D eigenvalue weighted by molar-refractivity contribution is 7.86. The molecular weight excluding hydrogens is 340 g/mol. The van der Waals surface area contributed by atoms with Gasteiger partial charge in [0.25, 0.3) is 16.1 Å². The van der Waals surface area contributed by atoms with Gasteiger partial charge in [0, 0.05) is 63.9 Å². The number of hydrogen-bond donors (Lipinski definition) is 0. The van der Waals surface area contributed by atoms with Gasteiger partial charge in [-0.1, -0.05) is 6.07 Å². The van der Waals surface area contributed by atoms with Gasteiger partial charge in [-0.15, -0.1) is 0 Å². The van der Waals surface area contributed by atoms with Gasteiger partial charge in [0.15, 0.2) is 0 Å². The fourth-order valence-electron chi connectivity index (χ4n) is 2.84. The van der Waals surface area contributed by atoms with E-state index in [0.717, 1.165) is 5.69 Å². The molecule has 0 atom stereocenters. The number of amides is 1. The summed E-state index contributed by atoms with van der Waals surface area (Å²) >= 11 is 0. The van der Waals surface area contributed by atoms with Crippen molar-refractivity contribution < 1.29 is 13.2 Å². The lowest BCUT2D eigenvalue weighted by Crippen LogP contribution is -2.53. The Kier molecular flexibility index (Phi) is 4.94. The molecule has 1 aliphatic rings. The number of benzene rings is 1. The zero-order valence-electron chi connectivity index (χ0n) is 14.4.